The van der Waals surface area contributed by atoms with Crippen molar-refractivity contribution in [1.82, 2.24) is 10.2 Å². The van der Waals surface area contributed by atoms with E-state index in [1.54, 1.807) is 57.4 Å². The van der Waals surface area contributed by atoms with Crippen molar-refractivity contribution in [2.75, 3.05) is 24.2 Å². The zero-order valence-corrected chi connectivity index (χ0v) is 22.6. The summed E-state index contributed by atoms with van der Waals surface area (Å²) in [7, 11) is -2.27. The Balaban J connectivity index is 2.42. The number of rotatable bonds is 11. The number of carbonyl (C=O) groups is 2. The number of carbonyl (C=O) groups excluding carboxylic acids is 2. The van der Waals surface area contributed by atoms with E-state index in [1.165, 1.54) is 11.0 Å². The van der Waals surface area contributed by atoms with Crippen LogP contribution in [0.15, 0.2) is 42.5 Å². The maximum absolute atomic E-state index is 13.6. The number of anilines is 1. The first-order valence-corrected chi connectivity index (χ1v) is 13.6. The SMILES string of the molecule is CC[C@@H](C)NC(=O)[C@H](C)N(Cc1ccc(OC)cc1)C(=O)CN(c1cc(Cl)ccc1C)S(C)(=O)=O. The van der Waals surface area contributed by atoms with Crippen LogP contribution in [-0.4, -0.2) is 57.1 Å². The highest BCUT2D eigenvalue weighted by molar-refractivity contribution is 7.92. The van der Waals surface area contributed by atoms with E-state index < -0.39 is 28.5 Å². The van der Waals surface area contributed by atoms with Crippen LogP contribution in [0.1, 0.15) is 38.3 Å². The number of amides is 2. The molecule has 0 aliphatic heterocycles. The van der Waals surface area contributed by atoms with E-state index in [4.69, 9.17) is 16.3 Å². The second kappa shape index (κ2) is 12.3. The van der Waals surface area contributed by atoms with Crippen molar-refractivity contribution in [3.63, 3.8) is 0 Å². The lowest BCUT2D eigenvalue weighted by atomic mass is 10.1. The minimum Gasteiger partial charge on any atom is -0.497 e. The first kappa shape index (κ1) is 28.5. The zero-order chi connectivity index (χ0) is 26.3. The molecular formula is C25H34ClN3O5S. The Labute approximate surface area is 213 Å². The molecule has 0 saturated carbocycles. The maximum Gasteiger partial charge on any atom is 0.244 e. The van der Waals surface area contributed by atoms with E-state index >= 15 is 0 Å². The first-order chi connectivity index (χ1) is 16.4. The Kier molecular flexibility index (Phi) is 9.97. The summed E-state index contributed by atoms with van der Waals surface area (Å²) in [5, 5.41) is 3.25. The molecule has 2 aromatic carbocycles. The largest absolute Gasteiger partial charge is 0.497 e. The minimum absolute atomic E-state index is 0.0653. The van der Waals surface area contributed by atoms with Gasteiger partial charge in [0.2, 0.25) is 21.8 Å². The van der Waals surface area contributed by atoms with Gasteiger partial charge in [-0.3, -0.25) is 13.9 Å². The van der Waals surface area contributed by atoms with Gasteiger partial charge in [-0.1, -0.05) is 36.7 Å². The molecule has 2 atom stereocenters. The number of nitrogens with zero attached hydrogens (tertiary/aromatic N) is 2. The second-order valence-corrected chi connectivity index (χ2v) is 10.9. The average Bonchev–Trinajstić information content (AvgIpc) is 2.81. The number of aryl methyl sites for hydroxylation is 1. The zero-order valence-electron chi connectivity index (χ0n) is 21.0. The lowest BCUT2D eigenvalue weighted by Gasteiger charge is -2.32. The summed E-state index contributed by atoms with van der Waals surface area (Å²) in [6.45, 7) is 6.85. The first-order valence-electron chi connectivity index (χ1n) is 11.3. The van der Waals surface area contributed by atoms with Gasteiger partial charge in [0.15, 0.2) is 0 Å². The summed E-state index contributed by atoms with van der Waals surface area (Å²) >= 11 is 6.12. The lowest BCUT2D eigenvalue weighted by molar-refractivity contribution is -0.139. The highest BCUT2D eigenvalue weighted by Crippen LogP contribution is 2.27. The van der Waals surface area contributed by atoms with Gasteiger partial charge in [0, 0.05) is 17.6 Å². The third-order valence-electron chi connectivity index (χ3n) is 5.80. The highest BCUT2D eigenvalue weighted by Gasteiger charge is 2.31. The molecule has 0 saturated heterocycles. The molecule has 2 rings (SSSR count). The van der Waals surface area contributed by atoms with Crippen LogP contribution in [0.4, 0.5) is 5.69 Å². The fraction of sp³-hybridized carbons (Fsp3) is 0.440. The molecule has 0 radical (unpaired) electrons. The average molecular weight is 524 g/mol. The summed E-state index contributed by atoms with van der Waals surface area (Å²) < 4.78 is 31.6. The van der Waals surface area contributed by atoms with Crippen LogP contribution < -0.4 is 14.4 Å². The van der Waals surface area contributed by atoms with Gasteiger partial charge in [-0.15, -0.1) is 0 Å². The van der Waals surface area contributed by atoms with Crippen LogP contribution >= 0.6 is 11.6 Å². The molecule has 0 aromatic heterocycles. The summed E-state index contributed by atoms with van der Waals surface area (Å²) in [6, 6.07) is 11.1. The maximum atomic E-state index is 13.6. The van der Waals surface area contributed by atoms with E-state index in [0.717, 1.165) is 22.5 Å². The number of hydrogen-bond donors (Lipinski definition) is 1. The number of ether oxygens (including phenoxy) is 1. The van der Waals surface area contributed by atoms with Gasteiger partial charge in [0.25, 0.3) is 0 Å². The molecule has 8 nitrogen and oxygen atoms in total. The van der Waals surface area contributed by atoms with Gasteiger partial charge in [0.05, 0.1) is 19.1 Å². The molecule has 1 N–H and O–H groups in total. The number of methoxy groups -OCH3 is 1. The summed E-state index contributed by atoms with van der Waals surface area (Å²) in [5.41, 5.74) is 1.73. The Morgan fingerprint density at radius 2 is 1.74 bits per heavy atom. The third kappa shape index (κ3) is 7.86. The smallest absolute Gasteiger partial charge is 0.244 e. The number of nitrogens with one attached hydrogen (secondary N) is 1. The Hall–Kier alpha value is -2.78. The Bertz CT molecular complexity index is 1140. The number of benzene rings is 2. The van der Waals surface area contributed by atoms with Crippen LogP contribution in [0.25, 0.3) is 0 Å². The standard InChI is InChI=1S/C25H34ClN3O5S/c1-7-18(3)27-25(31)19(4)28(15-20-9-12-22(34-5)13-10-20)24(30)16-29(35(6,32)33)23-14-21(26)11-8-17(23)2/h8-14,18-19H,7,15-16H2,1-6H3,(H,27,31)/t18-,19+/m1/s1. The molecule has 0 unspecified atom stereocenters. The Morgan fingerprint density at radius 3 is 2.29 bits per heavy atom. The van der Waals surface area contributed by atoms with Crippen LogP contribution in [0.2, 0.25) is 5.02 Å². The minimum atomic E-state index is -3.83. The molecule has 0 heterocycles. The molecular weight excluding hydrogens is 490 g/mol. The number of sulfonamides is 1. The number of hydrogen-bond acceptors (Lipinski definition) is 5. The third-order valence-corrected chi connectivity index (χ3v) is 7.16. The van der Waals surface area contributed by atoms with Gasteiger partial charge >= 0.3 is 0 Å². The molecule has 35 heavy (non-hydrogen) atoms. The second-order valence-electron chi connectivity index (χ2n) is 8.56. The summed E-state index contributed by atoms with van der Waals surface area (Å²) in [6.07, 6.45) is 1.77. The molecule has 0 fully saturated rings. The van der Waals surface area contributed by atoms with Crippen LogP contribution in [0, 0.1) is 6.92 Å². The highest BCUT2D eigenvalue weighted by atomic mass is 35.5. The molecule has 2 aromatic rings. The van der Waals surface area contributed by atoms with Crippen molar-refractivity contribution >= 4 is 39.1 Å². The van der Waals surface area contributed by atoms with E-state index in [0.29, 0.717) is 22.0 Å². The number of halogens is 1. The van der Waals surface area contributed by atoms with Crippen molar-refractivity contribution in [3.8, 4) is 5.75 Å². The van der Waals surface area contributed by atoms with E-state index in [2.05, 4.69) is 5.32 Å². The van der Waals surface area contributed by atoms with E-state index in [9.17, 15) is 18.0 Å². The molecule has 0 bridgehead atoms. The summed E-state index contributed by atoms with van der Waals surface area (Å²) in [4.78, 5) is 27.9. The van der Waals surface area contributed by atoms with Crippen molar-refractivity contribution in [1.29, 1.82) is 0 Å². The summed E-state index contributed by atoms with van der Waals surface area (Å²) in [5.74, 6) is -0.169. The van der Waals surface area contributed by atoms with Crippen molar-refractivity contribution in [2.45, 2.75) is 52.7 Å². The van der Waals surface area contributed by atoms with Crippen LogP contribution in [-0.2, 0) is 26.2 Å². The molecule has 0 aliphatic rings. The fourth-order valence-electron chi connectivity index (χ4n) is 3.42. The predicted octanol–water partition coefficient (Wildman–Crippen LogP) is 3.76. The van der Waals surface area contributed by atoms with Crippen molar-refractivity contribution in [2.24, 2.45) is 0 Å². The normalized spacial score (nSPS) is 13.0. The van der Waals surface area contributed by atoms with Gasteiger partial charge in [-0.25, -0.2) is 8.42 Å². The van der Waals surface area contributed by atoms with Gasteiger partial charge in [-0.2, -0.15) is 0 Å². The topological polar surface area (TPSA) is 96.0 Å². The monoisotopic (exact) mass is 523 g/mol. The molecule has 0 aliphatic carbocycles. The molecule has 2 amide bonds. The van der Waals surface area contributed by atoms with Gasteiger partial charge < -0.3 is 15.0 Å². The van der Waals surface area contributed by atoms with Gasteiger partial charge in [0.1, 0.15) is 18.3 Å². The molecule has 10 heteroatoms. The Morgan fingerprint density at radius 1 is 1.11 bits per heavy atom. The van der Waals surface area contributed by atoms with E-state index in [1.807, 2.05) is 13.8 Å². The van der Waals surface area contributed by atoms with Crippen LogP contribution in [0.5, 0.6) is 5.75 Å². The van der Waals surface area contributed by atoms with Gasteiger partial charge in [-0.05, 0) is 62.6 Å². The molecule has 0 spiro atoms. The fourth-order valence-corrected chi connectivity index (χ4v) is 4.49. The van der Waals surface area contributed by atoms with Crippen molar-refractivity contribution < 1.29 is 22.7 Å². The predicted molar refractivity (Wildman–Crippen MR) is 139 cm³/mol. The van der Waals surface area contributed by atoms with Crippen LogP contribution in [0.3, 0.4) is 0 Å². The lowest BCUT2D eigenvalue weighted by Crippen LogP contribution is -2.52. The quantitative estimate of drug-likeness (QED) is 0.484. The van der Waals surface area contributed by atoms with Crippen molar-refractivity contribution in [3.05, 3.63) is 58.6 Å². The molecule has 192 valence electrons. The van der Waals surface area contributed by atoms with E-state index in [-0.39, 0.29) is 18.5 Å².